The van der Waals surface area contributed by atoms with Crippen molar-refractivity contribution in [3.63, 3.8) is 0 Å². The number of hydrogen-bond acceptors (Lipinski definition) is 0. The van der Waals surface area contributed by atoms with Crippen LogP contribution in [0.3, 0.4) is 0 Å². The number of halogens is 1. The highest BCUT2D eigenvalue weighted by atomic mass is 35.5. The maximum absolute atomic E-state index is 6.69. The first kappa shape index (κ1) is 10.00. The normalized spacial score (nSPS) is 58.2. The zero-order valence-electron chi connectivity index (χ0n) is 10.7. The van der Waals surface area contributed by atoms with Crippen molar-refractivity contribution >= 4 is 11.6 Å². The molecule has 16 heavy (non-hydrogen) atoms. The molecule has 88 valence electrons. The van der Waals surface area contributed by atoms with Crippen LogP contribution in [0.4, 0.5) is 0 Å². The molecule has 0 saturated heterocycles. The minimum absolute atomic E-state index is 0.383. The van der Waals surface area contributed by atoms with Crippen molar-refractivity contribution in [1.82, 2.24) is 0 Å². The molecule has 5 aliphatic rings. The van der Waals surface area contributed by atoms with Gasteiger partial charge in [-0.25, -0.2) is 0 Å². The van der Waals surface area contributed by atoms with Gasteiger partial charge in [0.25, 0.3) is 0 Å². The summed E-state index contributed by atoms with van der Waals surface area (Å²) in [6, 6.07) is 0. The fraction of sp³-hybridized carbons (Fsp3) is 0.867. The second kappa shape index (κ2) is 2.16. The number of rotatable bonds is 0. The summed E-state index contributed by atoms with van der Waals surface area (Å²) in [6.45, 7) is 9.91. The molecule has 4 unspecified atom stereocenters. The van der Waals surface area contributed by atoms with Crippen molar-refractivity contribution in [2.24, 2.45) is 33.5 Å². The summed E-state index contributed by atoms with van der Waals surface area (Å²) in [5.41, 5.74) is 1.87. The van der Waals surface area contributed by atoms with Gasteiger partial charge in [0.1, 0.15) is 0 Å². The maximum Gasteiger partial charge on any atom is 0.0217 e. The highest BCUT2D eigenvalue weighted by molar-refractivity contribution is 6.31. The third kappa shape index (κ3) is 0.581. The predicted molar refractivity (Wildman–Crippen MR) is 67.2 cm³/mol. The fourth-order valence-electron chi connectivity index (χ4n) is 6.61. The van der Waals surface area contributed by atoms with Gasteiger partial charge >= 0.3 is 0 Å². The van der Waals surface area contributed by atoms with Crippen LogP contribution < -0.4 is 0 Å². The Bertz CT molecular complexity index is 431. The van der Waals surface area contributed by atoms with Crippen LogP contribution in [0, 0.1) is 33.5 Å². The largest absolute Gasteiger partial charge is 0.0888 e. The molecule has 4 bridgehead atoms. The Balaban J connectivity index is 2.02. The van der Waals surface area contributed by atoms with Gasteiger partial charge in [-0.2, -0.15) is 0 Å². The van der Waals surface area contributed by atoms with Crippen molar-refractivity contribution in [3.05, 3.63) is 11.1 Å². The van der Waals surface area contributed by atoms with E-state index >= 15 is 0 Å². The van der Waals surface area contributed by atoms with Crippen LogP contribution in [0.25, 0.3) is 0 Å². The average Bonchev–Trinajstić information content (AvgIpc) is 2.47. The lowest BCUT2D eigenvalue weighted by Crippen LogP contribution is -2.35. The SMILES string of the molecule is CC1(C)CC=C(Cl)C23C4CC(CC412)C3(C)C. The van der Waals surface area contributed by atoms with E-state index in [9.17, 15) is 0 Å². The molecule has 5 aliphatic carbocycles. The summed E-state index contributed by atoms with van der Waals surface area (Å²) in [5.74, 6) is 1.83. The fourth-order valence-corrected chi connectivity index (χ4v) is 7.23. The smallest absolute Gasteiger partial charge is 0.0217 e. The summed E-state index contributed by atoms with van der Waals surface area (Å²) in [5, 5.41) is 1.22. The van der Waals surface area contributed by atoms with E-state index in [2.05, 4.69) is 33.8 Å². The Morgan fingerprint density at radius 2 is 1.94 bits per heavy atom. The zero-order chi connectivity index (χ0) is 11.6. The van der Waals surface area contributed by atoms with E-state index in [1.807, 2.05) is 0 Å². The Morgan fingerprint density at radius 1 is 1.25 bits per heavy atom. The second-order valence-corrected chi connectivity index (χ2v) is 8.24. The van der Waals surface area contributed by atoms with Crippen molar-refractivity contribution in [2.75, 3.05) is 0 Å². The molecule has 2 spiro atoms. The molecule has 0 radical (unpaired) electrons. The first-order valence-electron chi connectivity index (χ1n) is 6.68. The summed E-state index contributed by atoms with van der Waals surface area (Å²) >= 11 is 6.69. The van der Waals surface area contributed by atoms with E-state index < -0.39 is 0 Å². The minimum atomic E-state index is 0.383. The Labute approximate surface area is 103 Å². The van der Waals surface area contributed by atoms with E-state index in [4.69, 9.17) is 11.6 Å². The van der Waals surface area contributed by atoms with Gasteiger partial charge in [-0.3, -0.25) is 0 Å². The lowest BCUT2D eigenvalue weighted by atomic mass is 9.63. The van der Waals surface area contributed by atoms with Crippen LogP contribution in [0.5, 0.6) is 0 Å². The molecule has 4 saturated carbocycles. The second-order valence-electron chi connectivity index (χ2n) is 7.83. The molecule has 0 aromatic carbocycles. The van der Waals surface area contributed by atoms with E-state index in [0.717, 1.165) is 11.8 Å². The molecule has 0 amide bonds. The van der Waals surface area contributed by atoms with Crippen LogP contribution >= 0.6 is 11.6 Å². The van der Waals surface area contributed by atoms with Gasteiger partial charge in [-0.05, 0) is 47.3 Å². The van der Waals surface area contributed by atoms with Crippen LogP contribution in [0.15, 0.2) is 11.1 Å². The molecule has 0 heterocycles. The van der Waals surface area contributed by atoms with Gasteiger partial charge in [0.15, 0.2) is 0 Å². The van der Waals surface area contributed by atoms with Gasteiger partial charge in [-0.1, -0.05) is 45.4 Å². The first-order chi connectivity index (χ1) is 7.32. The average molecular weight is 237 g/mol. The quantitative estimate of drug-likeness (QED) is 0.577. The summed E-state index contributed by atoms with van der Waals surface area (Å²) in [4.78, 5) is 0. The van der Waals surface area contributed by atoms with Crippen LogP contribution in [-0.4, -0.2) is 0 Å². The zero-order valence-corrected chi connectivity index (χ0v) is 11.5. The Hall–Kier alpha value is 0.0300. The summed E-state index contributed by atoms with van der Waals surface area (Å²) < 4.78 is 0. The van der Waals surface area contributed by atoms with Gasteiger partial charge in [0.05, 0.1) is 0 Å². The predicted octanol–water partition coefficient (Wildman–Crippen LogP) is 4.59. The third-order valence-electron chi connectivity index (χ3n) is 7.24. The minimum Gasteiger partial charge on any atom is -0.0888 e. The van der Waals surface area contributed by atoms with Crippen LogP contribution in [-0.2, 0) is 0 Å². The number of allylic oxidation sites excluding steroid dienone is 2. The third-order valence-corrected chi connectivity index (χ3v) is 7.69. The molecule has 0 N–H and O–H groups in total. The van der Waals surface area contributed by atoms with Gasteiger partial charge in [-0.15, -0.1) is 0 Å². The summed E-state index contributed by atoms with van der Waals surface area (Å²) in [6.07, 6.45) is 6.42. The molecule has 4 fully saturated rings. The lowest BCUT2D eigenvalue weighted by molar-refractivity contribution is 0.123. The number of hydrogen-bond donors (Lipinski definition) is 0. The van der Waals surface area contributed by atoms with Crippen molar-refractivity contribution < 1.29 is 0 Å². The topological polar surface area (TPSA) is 0 Å². The Morgan fingerprint density at radius 3 is 2.50 bits per heavy atom. The lowest BCUT2D eigenvalue weighted by Gasteiger charge is -2.42. The van der Waals surface area contributed by atoms with Gasteiger partial charge in [0.2, 0.25) is 0 Å². The first-order valence-corrected chi connectivity index (χ1v) is 7.06. The highest BCUT2D eigenvalue weighted by Crippen LogP contribution is 2.99. The Kier molecular flexibility index (Phi) is 1.35. The van der Waals surface area contributed by atoms with Crippen molar-refractivity contribution in [1.29, 1.82) is 0 Å². The molecule has 5 rings (SSSR count). The molecule has 0 nitrogen and oxygen atoms in total. The molecule has 0 aromatic rings. The van der Waals surface area contributed by atoms with E-state index in [1.165, 1.54) is 24.3 Å². The molecular formula is C15H21Cl. The van der Waals surface area contributed by atoms with Crippen molar-refractivity contribution in [2.45, 2.75) is 47.0 Å². The van der Waals surface area contributed by atoms with E-state index in [0.29, 0.717) is 21.7 Å². The molecular weight excluding hydrogens is 216 g/mol. The maximum atomic E-state index is 6.69. The monoisotopic (exact) mass is 236 g/mol. The van der Waals surface area contributed by atoms with E-state index in [1.54, 1.807) is 0 Å². The summed E-state index contributed by atoms with van der Waals surface area (Å²) in [7, 11) is 0. The van der Waals surface area contributed by atoms with Crippen molar-refractivity contribution in [3.8, 4) is 0 Å². The van der Waals surface area contributed by atoms with Crippen LogP contribution in [0.2, 0.25) is 0 Å². The molecule has 0 aromatic heterocycles. The van der Waals surface area contributed by atoms with Crippen LogP contribution in [0.1, 0.15) is 47.0 Å². The highest BCUT2D eigenvalue weighted by Gasteiger charge is 2.94. The van der Waals surface area contributed by atoms with Gasteiger partial charge < -0.3 is 0 Å². The molecule has 1 heteroatoms. The standard InChI is InChI=1S/C15H21Cl/c1-12(2)6-5-11(16)15-10-7-9(13(15,3)4)8-14(10,12)15/h5,9-10H,6-8H2,1-4H3. The van der Waals surface area contributed by atoms with Gasteiger partial charge in [0, 0.05) is 10.4 Å². The van der Waals surface area contributed by atoms with E-state index in [-0.39, 0.29) is 0 Å². The molecule has 0 aliphatic heterocycles. The molecule has 4 atom stereocenters.